The third-order valence-corrected chi connectivity index (χ3v) is 4.29. The van der Waals surface area contributed by atoms with E-state index >= 15 is 0 Å². The van der Waals surface area contributed by atoms with Crippen LogP contribution in [0, 0.1) is 0 Å². The highest BCUT2D eigenvalue weighted by atomic mass is 16.5. The zero-order valence-electron chi connectivity index (χ0n) is 12.1. The molecule has 0 saturated heterocycles. The molecule has 20 heavy (non-hydrogen) atoms. The van der Waals surface area contributed by atoms with E-state index in [0.717, 1.165) is 18.7 Å². The molecule has 2 nitrogen and oxygen atoms in total. The first-order valence-corrected chi connectivity index (χ1v) is 7.22. The number of methoxy groups -OCH3 is 1. The zero-order valence-corrected chi connectivity index (χ0v) is 12.1. The summed E-state index contributed by atoms with van der Waals surface area (Å²) in [4.78, 5) is 0. The largest absolute Gasteiger partial charge is 0.496 e. The lowest BCUT2D eigenvalue weighted by Gasteiger charge is -2.33. The highest BCUT2D eigenvalue weighted by Gasteiger charge is 2.28. The molecule has 1 aliphatic rings. The van der Waals surface area contributed by atoms with Crippen molar-refractivity contribution in [3.05, 3.63) is 65.2 Å². The van der Waals surface area contributed by atoms with E-state index in [1.54, 1.807) is 7.11 Å². The first kappa shape index (κ1) is 13.2. The monoisotopic (exact) mass is 267 g/mol. The molecule has 0 amide bonds. The summed E-state index contributed by atoms with van der Waals surface area (Å²) in [5.74, 6) is 1.48. The minimum atomic E-state index is 0.454. The number of hydrogen-bond acceptors (Lipinski definition) is 2. The number of rotatable bonds is 3. The van der Waals surface area contributed by atoms with Gasteiger partial charge in [0.25, 0.3) is 0 Å². The second-order valence-corrected chi connectivity index (χ2v) is 5.50. The summed E-state index contributed by atoms with van der Waals surface area (Å²) in [5, 5.41) is 3.67. The highest BCUT2D eigenvalue weighted by Crippen LogP contribution is 2.36. The average Bonchev–Trinajstić information content (AvgIpc) is 2.50. The van der Waals surface area contributed by atoms with E-state index in [1.807, 2.05) is 0 Å². The molecular weight excluding hydrogens is 246 g/mol. The van der Waals surface area contributed by atoms with Gasteiger partial charge in [-0.25, -0.2) is 0 Å². The summed E-state index contributed by atoms with van der Waals surface area (Å²) < 4.78 is 5.55. The molecule has 1 aliphatic heterocycles. The molecule has 0 fully saturated rings. The van der Waals surface area contributed by atoms with Crippen molar-refractivity contribution in [1.29, 1.82) is 0 Å². The number of ether oxygens (including phenoxy) is 1. The summed E-state index contributed by atoms with van der Waals surface area (Å²) in [6, 6.07) is 17.5. The molecule has 0 aliphatic carbocycles. The van der Waals surface area contributed by atoms with E-state index < -0.39 is 0 Å². The Bertz CT molecular complexity index is 565. The van der Waals surface area contributed by atoms with Crippen molar-refractivity contribution in [3.8, 4) is 5.75 Å². The van der Waals surface area contributed by atoms with E-state index in [9.17, 15) is 0 Å². The summed E-state index contributed by atoms with van der Waals surface area (Å²) >= 11 is 0. The molecule has 104 valence electrons. The van der Waals surface area contributed by atoms with Gasteiger partial charge in [0.2, 0.25) is 0 Å². The van der Waals surface area contributed by atoms with Crippen molar-refractivity contribution in [2.24, 2.45) is 0 Å². The second kappa shape index (κ2) is 5.68. The summed E-state index contributed by atoms with van der Waals surface area (Å²) in [7, 11) is 1.76. The highest BCUT2D eigenvalue weighted by molar-refractivity contribution is 5.45. The van der Waals surface area contributed by atoms with Crippen LogP contribution in [0.1, 0.15) is 29.5 Å². The van der Waals surface area contributed by atoms with Crippen LogP contribution in [0.4, 0.5) is 0 Å². The standard InChI is InChI=1S/C18H21NO/c1-13-16(11-14-7-4-3-5-8-14)19-12-15-9-6-10-17(20-2)18(13)15/h3-10,13,16,19H,11-12H2,1-2H3. The number of fused-ring (bicyclic) bond motifs is 1. The normalized spacial score (nSPS) is 21.3. The molecule has 2 atom stereocenters. The number of nitrogens with one attached hydrogen (secondary N) is 1. The molecule has 1 heterocycles. The van der Waals surface area contributed by atoms with Crippen LogP contribution in [-0.4, -0.2) is 13.2 Å². The predicted molar refractivity (Wildman–Crippen MR) is 82.2 cm³/mol. The molecule has 0 aromatic heterocycles. The van der Waals surface area contributed by atoms with Crippen LogP contribution in [0.5, 0.6) is 5.75 Å². The molecule has 2 aromatic carbocycles. The minimum Gasteiger partial charge on any atom is -0.496 e. The van der Waals surface area contributed by atoms with Gasteiger partial charge in [-0.05, 0) is 23.6 Å². The fraction of sp³-hybridized carbons (Fsp3) is 0.333. The Morgan fingerprint density at radius 2 is 1.90 bits per heavy atom. The molecule has 0 radical (unpaired) electrons. The maximum atomic E-state index is 5.55. The Hall–Kier alpha value is -1.80. The van der Waals surface area contributed by atoms with Gasteiger partial charge in [0.15, 0.2) is 0 Å². The third-order valence-electron chi connectivity index (χ3n) is 4.29. The van der Waals surface area contributed by atoms with Gasteiger partial charge in [-0.3, -0.25) is 0 Å². The van der Waals surface area contributed by atoms with Crippen LogP contribution in [0.25, 0.3) is 0 Å². The maximum absolute atomic E-state index is 5.55. The Balaban J connectivity index is 1.87. The van der Waals surface area contributed by atoms with Gasteiger partial charge in [0.1, 0.15) is 5.75 Å². The van der Waals surface area contributed by atoms with Crippen molar-refractivity contribution >= 4 is 0 Å². The van der Waals surface area contributed by atoms with E-state index in [-0.39, 0.29) is 0 Å². The SMILES string of the molecule is COc1cccc2c1C(C)C(Cc1ccccc1)NC2. The lowest BCUT2D eigenvalue weighted by atomic mass is 9.83. The maximum Gasteiger partial charge on any atom is 0.122 e. The van der Waals surface area contributed by atoms with Crippen LogP contribution in [0.3, 0.4) is 0 Å². The summed E-state index contributed by atoms with van der Waals surface area (Å²) in [5.41, 5.74) is 4.12. The molecule has 3 rings (SSSR count). The van der Waals surface area contributed by atoms with E-state index in [4.69, 9.17) is 4.74 Å². The average molecular weight is 267 g/mol. The van der Waals surface area contributed by atoms with Crippen LogP contribution < -0.4 is 10.1 Å². The molecule has 2 heteroatoms. The molecule has 2 unspecified atom stereocenters. The van der Waals surface area contributed by atoms with E-state index in [2.05, 4.69) is 60.8 Å². The van der Waals surface area contributed by atoms with Crippen molar-refractivity contribution in [2.45, 2.75) is 31.8 Å². The topological polar surface area (TPSA) is 21.3 Å². The number of benzene rings is 2. The lowest BCUT2D eigenvalue weighted by Crippen LogP contribution is -2.40. The second-order valence-electron chi connectivity index (χ2n) is 5.50. The Labute approximate surface area is 120 Å². The van der Waals surface area contributed by atoms with E-state index in [0.29, 0.717) is 12.0 Å². The van der Waals surface area contributed by atoms with Gasteiger partial charge in [-0.15, -0.1) is 0 Å². The molecule has 2 aromatic rings. The van der Waals surface area contributed by atoms with Crippen LogP contribution in [-0.2, 0) is 13.0 Å². The minimum absolute atomic E-state index is 0.454. The van der Waals surface area contributed by atoms with Crippen LogP contribution >= 0.6 is 0 Å². The van der Waals surface area contributed by atoms with Crippen LogP contribution in [0.2, 0.25) is 0 Å². The first-order chi connectivity index (χ1) is 9.79. The molecule has 1 N–H and O–H groups in total. The zero-order chi connectivity index (χ0) is 13.9. The van der Waals surface area contributed by atoms with Gasteiger partial charge in [-0.1, -0.05) is 49.4 Å². The molecule has 0 bridgehead atoms. The molecule has 0 saturated carbocycles. The fourth-order valence-corrected chi connectivity index (χ4v) is 3.17. The van der Waals surface area contributed by atoms with Crippen molar-refractivity contribution in [3.63, 3.8) is 0 Å². The Morgan fingerprint density at radius 1 is 1.10 bits per heavy atom. The van der Waals surface area contributed by atoms with Gasteiger partial charge in [0.05, 0.1) is 7.11 Å². The molecular formula is C18H21NO. The Kier molecular flexibility index (Phi) is 3.75. The van der Waals surface area contributed by atoms with Gasteiger partial charge in [0, 0.05) is 24.1 Å². The Morgan fingerprint density at radius 3 is 2.65 bits per heavy atom. The van der Waals surface area contributed by atoms with E-state index in [1.165, 1.54) is 16.7 Å². The predicted octanol–water partition coefficient (Wildman–Crippen LogP) is 3.51. The van der Waals surface area contributed by atoms with Crippen LogP contribution in [0.15, 0.2) is 48.5 Å². The van der Waals surface area contributed by atoms with Gasteiger partial charge >= 0.3 is 0 Å². The smallest absolute Gasteiger partial charge is 0.122 e. The van der Waals surface area contributed by atoms with Crippen molar-refractivity contribution in [2.75, 3.05) is 7.11 Å². The summed E-state index contributed by atoms with van der Waals surface area (Å²) in [6.45, 7) is 3.22. The van der Waals surface area contributed by atoms with Crippen molar-refractivity contribution < 1.29 is 4.74 Å². The first-order valence-electron chi connectivity index (χ1n) is 7.22. The fourth-order valence-electron chi connectivity index (χ4n) is 3.17. The number of hydrogen-bond donors (Lipinski definition) is 1. The molecule has 0 spiro atoms. The lowest BCUT2D eigenvalue weighted by molar-refractivity contribution is 0.373. The van der Waals surface area contributed by atoms with Gasteiger partial charge in [-0.2, -0.15) is 0 Å². The van der Waals surface area contributed by atoms with Gasteiger partial charge < -0.3 is 10.1 Å². The quantitative estimate of drug-likeness (QED) is 0.919. The summed E-state index contributed by atoms with van der Waals surface area (Å²) in [6.07, 6.45) is 1.06. The third kappa shape index (κ3) is 2.44. The van der Waals surface area contributed by atoms with Crippen molar-refractivity contribution in [1.82, 2.24) is 5.32 Å².